The van der Waals surface area contributed by atoms with Crippen LogP contribution in [0.1, 0.15) is 37.7 Å². The molecular weight excluding hydrogens is 294 g/mol. The number of esters is 1. The Bertz CT molecular complexity index is 560. The lowest BCUT2D eigenvalue weighted by atomic mass is 9.96. The van der Waals surface area contributed by atoms with Gasteiger partial charge in [0.15, 0.2) is 0 Å². The van der Waals surface area contributed by atoms with Gasteiger partial charge in [0.05, 0.1) is 6.26 Å². The zero-order valence-corrected chi connectivity index (χ0v) is 12.9. The standard InChI is InChI=1S/C18H21NO4/c20-17(22-14-13-15-7-3-1-4-8-15)11-12-18(21)23-19-16-9-5-2-6-10-16/h1,3-4,7-8,11-14,16,19H,2,5-6,9-10H2/b12-11-,14-13?. The second-order valence-electron chi connectivity index (χ2n) is 5.36. The van der Waals surface area contributed by atoms with Crippen molar-refractivity contribution < 1.29 is 19.2 Å². The maximum absolute atomic E-state index is 11.5. The first-order chi connectivity index (χ1) is 11.2. The molecule has 1 saturated carbocycles. The zero-order chi connectivity index (χ0) is 16.3. The lowest BCUT2D eigenvalue weighted by molar-refractivity contribution is -0.147. The predicted octanol–water partition coefficient (Wildman–Crippen LogP) is 3.14. The van der Waals surface area contributed by atoms with Crippen LogP contribution in [0.15, 0.2) is 48.7 Å². The van der Waals surface area contributed by atoms with E-state index < -0.39 is 11.9 Å². The van der Waals surface area contributed by atoms with E-state index in [9.17, 15) is 9.59 Å². The molecule has 2 rings (SSSR count). The summed E-state index contributed by atoms with van der Waals surface area (Å²) in [6.07, 6.45) is 10.6. The molecule has 1 aromatic carbocycles. The molecule has 1 aliphatic rings. The molecule has 1 aliphatic carbocycles. The van der Waals surface area contributed by atoms with E-state index in [2.05, 4.69) is 5.48 Å². The Morgan fingerprint density at radius 1 is 1.00 bits per heavy atom. The van der Waals surface area contributed by atoms with Crippen molar-refractivity contribution in [3.05, 3.63) is 54.3 Å². The van der Waals surface area contributed by atoms with Crippen molar-refractivity contribution in [2.45, 2.75) is 38.1 Å². The third-order valence-electron chi connectivity index (χ3n) is 3.53. The average Bonchev–Trinajstić information content (AvgIpc) is 2.60. The van der Waals surface area contributed by atoms with Gasteiger partial charge in [-0.1, -0.05) is 49.6 Å². The number of hydroxylamine groups is 1. The van der Waals surface area contributed by atoms with Gasteiger partial charge >= 0.3 is 11.9 Å². The Balaban J connectivity index is 1.66. The molecule has 0 saturated heterocycles. The summed E-state index contributed by atoms with van der Waals surface area (Å²) in [5.74, 6) is -1.24. The molecular formula is C18H21NO4. The minimum absolute atomic E-state index is 0.210. The Labute approximate surface area is 135 Å². The number of carbonyl (C=O) groups excluding carboxylic acids is 2. The van der Waals surface area contributed by atoms with E-state index in [4.69, 9.17) is 9.57 Å². The van der Waals surface area contributed by atoms with Gasteiger partial charge in [-0.15, -0.1) is 5.48 Å². The van der Waals surface area contributed by atoms with Crippen LogP contribution in [0, 0.1) is 0 Å². The molecule has 0 amide bonds. The van der Waals surface area contributed by atoms with Crippen LogP contribution in [-0.2, 0) is 19.2 Å². The van der Waals surface area contributed by atoms with Gasteiger partial charge in [-0.2, -0.15) is 0 Å². The largest absolute Gasteiger partial charge is 0.431 e. The fourth-order valence-electron chi connectivity index (χ4n) is 2.32. The topological polar surface area (TPSA) is 64.6 Å². The van der Waals surface area contributed by atoms with Crippen LogP contribution in [0.2, 0.25) is 0 Å². The van der Waals surface area contributed by atoms with Crippen LogP contribution < -0.4 is 5.48 Å². The summed E-state index contributed by atoms with van der Waals surface area (Å²) in [5.41, 5.74) is 3.66. The van der Waals surface area contributed by atoms with Gasteiger partial charge in [0.25, 0.3) is 0 Å². The monoisotopic (exact) mass is 315 g/mol. The molecule has 0 bridgehead atoms. The summed E-state index contributed by atoms with van der Waals surface area (Å²) >= 11 is 0. The van der Waals surface area contributed by atoms with E-state index in [1.54, 1.807) is 6.08 Å². The first-order valence-corrected chi connectivity index (χ1v) is 7.80. The molecule has 23 heavy (non-hydrogen) atoms. The molecule has 0 aliphatic heterocycles. The number of carbonyl (C=O) groups is 2. The van der Waals surface area contributed by atoms with Crippen molar-refractivity contribution in [3.63, 3.8) is 0 Å². The van der Waals surface area contributed by atoms with Crippen LogP contribution >= 0.6 is 0 Å². The quantitative estimate of drug-likeness (QED) is 0.378. The molecule has 5 nitrogen and oxygen atoms in total. The van der Waals surface area contributed by atoms with Crippen molar-refractivity contribution >= 4 is 18.0 Å². The number of benzene rings is 1. The third kappa shape index (κ3) is 6.93. The van der Waals surface area contributed by atoms with E-state index >= 15 is 0 Å². The smallest absolute Gasteiger partial charge is 0.349 e. The second-order valence-corrected chi connectivity index (χ2v) is 5.36. The number of rotatable bonds is 6. The molecule has 122 valence electrons. The lowest BCUT2D eigenvalue weighted by Gasteiger charge is -2.21. The van der Waals surface area contributed by atoms with Crippen molar-refractivity contribution in [3.8, 4) is 0 Å². The fourth-order valence-corrected chi connectivity index (χ4v) is 2.32. The maximum atomic E-state index is 11.5. The molecule has 0 heterocycles. The molecule has 1 fully saturated rings. The van der Waals surface area contributed by atoms with Gasteiger partial charge in [-0.3, -0.25) is 0 Å². The molecule has 0 atom stereocenters. The molecule has 0 spiro atoms. The van der Waals surface area contributed by atoms with Crippen LogP contribution in [0.4, 0.5) is 0 Å². The van der Waals surface area contributed by atoms with E-state index in [-0.39, 0.29) is 6.04 Å². The number of ether oxygens (including phenoxy) is 1. The van der Waals surface area contributed by atoms with E-state index in [1.807, 2.05) is 30.3 Å². The summed E-state index contributed by atoms with van der Waals surface area (Å²) in [7, 11) is 0. The Morgan fingerprint density at radius 3 is 2.43 bits per heavy atom. The highest BCUT2D eigenvalue weighted by Crippen LogP contribution is 2.17. The van der Waals surface area contributed by atoms with Crippen LogP contribution in [-0.4, -0.2) is 18.0 Å². The minimum Gasteiger partial charge on any atom is -0.431 e. The maximum Gasteiger partial charge on any atom is 0.349 e. The Hall–Kier alpha value is -2.40. The first kappa shape index (κ1) is 17.0. The van der Waals surface area contributed by atoms with Gasteiger partial charge in [0.1, 0.15) is 0 Å². The number of nitrogens with one attached hydrogen (secondary N) is 1. The summed E-state index contributed by atoms with van der Waals surface area (Å²) in [6, 6.07) is 9.65. The summed E-state index contributed by atoms with van der Waals surface area (Å²) < 4.78 is 4.86. The summed E-state index contributed by atoms with van der Waals surface area (Å²) in [6.45, 7) is 0. The van der Waals surface area contributed by atoms with Crippen LogP contribution in [0.5, 0.6) is 0 Å². The minimum atomic E-state index is -0.633. The molecule has 0 aromatic heterocycles. The second kappa shape index (κ2) is 9.58. The molecule has 1 aromatic rings. The van der Waals surface area contributed by atoms with E-state index in [0.717, 1.165) is 43.4 Å². The average molecular weight is 315 g/mol. The normalized spacial score (nSPS) is 15.8. The van der Waals surface area contributed by atoms with Gasteiger partial charge < -0.3 is 9.57 Å². The number of hydrogen-bond donors (Lipinski definition) is 1. The summed E-state index contributed by atoms with van der Waals surface area (Å²) in [4.78, 5) is 27.8. The zero-order valence-electron chi connectivity index (χ0n) is 12.9. The lowest BCUT2D eigenvalue weighted by Crippen LogP contribution is -2.32. The molecule has 1 N–H and O–H groups in total. The first-order valence-electron chi connectivity index (χ1n) is 7.80. The Morgan fingerprint density at radius 2 is 1.70 bits per heavy atom. The number of hydrogen-bond acceptors (Lipinski definition) is 5. The van der Waals surface area contributed by atoms with Gasteiger partial charge in [-0.05, 0) is 24.5 Å². The highest BCUT2D eigenvalue weighted by Gasteiger charge is 2.14. The highest BCUT2D eigenvalue weighted by atomic mass is 16.7. The Kier molecular flexibility index (Phi) is 7.07. The van der Waals surface area contributed by atoms with Crippen LogP contribution in [0.25, 0.3) is 6.08 Å². The molecule has 0 unspecified atom stereocenters. The van der Waals surface area contributed by atoms with Crippen molar-refractivity contribution in [2.24, 2.45) is 0 Å². The van der Waals surface area contributed by atoms with E-state index in [1.165, 1.54) is 12.7 Å². The van der Waals surface area contributed by atoms with Crippen LogP contribution in [0.3, 0.4) is 0 Å². The SMILES string of the molecule is O=C(/C=C\C(=O)ONC1CCCCC1)OC=Cc1ccccc1. The highest BCUT2D eigenvalue weighted by molar-refractivity contribution is 5.91. The van der Waals surface area contributed by atoms with Crippen molar-refractivity contribution in [1.82, 2.24) is 5.48 Å². The van der Waals surface area contributed by atoms with Crippen molar-refractivity contribution in [2.75, 3.05) is 0 Å². The van der Waals surface area contributed by atoms with Gasteiger partial charge in [-0.25, -0.2) is 9.59 Å². The third-order valence-corrected chi connectivity index (χ3v) is 3.53. The van der Waals surface area contributed by atoms with Gasteiger partial charge in [0.2, 0.25) is 0 Å². The van der Waals surface area contributed by atoms with Gasteiger partial charge in [0, 0.05) is 18.2 Å². The molecule has 5 heteroatoms. The van der Waals surface area contributed by atoms with Crippen molar-refractivity contribution in [1.29, 1.82) is 0 Å². The predicted molar refractivity (Wildman–Crippen MR) is 86.8 cm³/mol. The molecule has 0 radical (unpaired) electrons. The van der Waals surface area contributed by atoms with E-state index in [0.29, 0.717) is 0 Å². The summed E-state index contributed by atoms with van der Waals surface area (Å²) in [5, 5.41) is 0. The fraction of sp³-hybridized carbons (Fsp3) is 0.333.